The largest absolute Gasteiger partial charge is 0.494 e. The normalized spacial score (nSPS) is 16.3. The number of hydrogen-bond donors (Lipinski definition) is 1. The topological polar surface area (TPSA) is 82.6 Å². The predicted molar refractivity (Wildman–Crippen MR) is 108 cm³/mol. The van der Waals surface area contributed by atoms with Crippen molar-refractivity contribution < 1.29 is 19.0 Å². The Balaban J connectivity index is 1.47. The van der Waals surface area contributed by atoms with Crippen molar-refractivity contribution in [3.8, 4) is 11.6 Å². The first-order chi connectivity index (χ1) is 13.6. The summed E-state index contributed by atoms with van der Waals surface area (Å²) in [6, 6.07) is 7.16. The maximum absolute atomic E-state index is 12.5. The Morgan fingerprint density at radius 3 is 3.07 bits per heavy atom. The van der Waals surface area contributed by atoms with Crippen molar-refractivity contribution in [3.05, 3.63) is 41.0 Å². The molecule has 1 aliphatic rings. The SMILES string of the molecule is CCOc1ccc2nc(NC(=O)c3cnc(OC4CCOC4)c(Cl)c3)sc2c1. The van der Waals surface area contributed by atoms with Gasteiger partial charge in [0.1, 0.15) is 16.9 Å². The number of amides is 1. The zero-order chi connectivity index (χ0) is 19.5. The van der Waals surface area contributed by atoms with Gasteiger partial charge in [-0.3, -0.25) is 10.1 Å². The first-order valence-electron chi connectivity index (χ1n) is 8.87. The number of fused-ring (bicyclic) bond motifs is 1. The molecule has 0 aliphatic carbocycles. The van der Waals surface area contributed by atoms with E-state index >= 15 is 0 Å². The number of halogens is 1. The molecular weight excluding hydrogens is 402 g/mol. The van der Waals surface area contributed by atoms with Crippen LogP contribution < -0.4 is 14.8 Å². The highest BCUT2D eigenvalue weighted by Gasteiger charge is 2.20. The van der Waals surface area contributed by atoms with Gasteiger partial charge in [-0.15, -0.1) is 0 Å². The molecule has 1 amide bonds. The lowest BCUT2D eigenvalue weighted by Crippen LogP contribution is -2.17. The monoisotopic (exact) mass is 419 g/mol. The van der Waals surface area contributed by atoms with Crippen LogP contribution in [-0.4, -0.2) is 41.8 Å². The van der Waals surface area contributed by atoms with Crippen molar-refractivity contribution in [2.75, 3.05) is 25.1 Å². The number of pyridine rings is 1. The molecule has 1 aromatic carbocycles. The first kappa shape index (κ1) is 18.9. The van der Waals surface area contributed by atoms with Crippen LogP contribution in [0.5, 0.6) is 11.6 Å². The van der Waals surface area contributed by atoms with E-state index in [-0.39, 0.29) is 17.0 Å². The number of nitrogens with one attached hydrogen (secondary N) is 1. The van der Waals surface area contributed by atoms with Crippen LogP contribution in [0.2, 0.25) is 5.02 Å². The van der Waals surface area contributed by atoms with Crippen molar-refractivity contribution in [2.45, 2.75) is 19.4 Å². The highest BCUT2D eigenvalue weighted by molar-refractivity contribution is 7.22. The lowest BCUT2D eigenvalue weighted by Gasteiger charge is -2.12. The molecule has 1 saturated heterocycles. The maximum Gasteiger partial charge on any atom is 0.259 e. The number of benzene rings is 1. The lowest BCUT2D eigenvalue weighted by molar-refractivity contribution is 0.102. The highest BCUT2D eigenvalue weighted by Crippen LogP contribution is 2.30. The standard InChI is InChI=1S/C19H18ClN3O4S/c1-2-26-12-3-4-15-16(8-12)28-19(22-15)23-17(24)11-7-14(20)18(21-9-11)27-13-5-6-25-10-13/h3-4,7-9,13H,2,5-6,10H2,1H3,(H,22,23,24). The van der Waals surface area contributed by atoms with Crippen LogP contribution in [-0.2, 0) is 4.74 Å². The van der Waals surface area contributed by atoms with E-state index < -0.39 is 0 Å². The predicted octanol–water partition coefficient (Wildman–Crippen LogP) is 4.16. The van der Waals surface area contributed by atoms with E-state index in [2.05, 4.69) is 15.3 Å². The van der Waals surface area contributed by atoms with Crippen LogP contribution in [0.15, 0.2) is 30.5 Å². The second kappa shape index (κ2) is 8.30. The molecule has 9 heteroatoms. The van der Waals surface area contributed by atoms with E-state index in [9.17, 15) is 4.79 Å². The van der Waals surface area contributed by atoms with E-state index in [1.807, 2.05) is 25.1 Å². The Hall–Kier alpha value is -2.42. The van der Waals surface area contributed by atoms with Gasteiger partial charge in [0.2, 0.25) is 5.88 Å². The Kier molecular flexibility index (Phi) is 5.61. The summed E-state index contributed by atoms with van der Waals surface area (Å²) in [6.07, 6.45) is 2.17. The van der Waals surface area contributed by atoms with Crippen LogP contribution >= 0.6 is 22.9 Å². The molecule has 1 aliphatic heterocycles. The number of anilines is 1. The molecule has 0 radical (unpaired) electrons. The van der Waals surface area contributed by atoms with Crippen LogP contribution in [0.25, 0.3) is 10.2 Å². The van der Waals surface area contributed by atoms with Gasteiger partial charge in [0, 0.05) is 12.6 Å². The summed E-state index contributed by atoms with van der Waals surface area (Å²) in [5.74, 6) is 0.738. The second-order valence-corrected chi connectivity index (χ2v) is 7.59. The fourth-order valence-electron chi connectivity index (χ4n) is 2.78. The molecule has 0 saturated carbocycles. The zero-order valence-electron chi connectivity index (χ0n) is 15.1. The average Bonchev–Trinajstić information content (AvgIpc) is 3.32. The van der Waals surface area contributed by atoms with Crippen LogP contribution in [0.3, 0.4) is 0 Å². The fourth-order valence-corrected chi connectivity index (χ4v) is 3.88. The summed E-state index contributed by atoms with van der Waals surface area (Å²) in [6.45, 7) is 3.70. The molecule has 1 fully saturated rings. The van der Waals surface area contributed by atoms with E-state index in [1.54, 1.807) is 0 Å². The zero-order valence-corrected chi connectivity index (χ0v) is 16.7. The summed E-state index contributed by atoms with van der Waals surface area (Å²) < 4.78 is 17.4. The Bertz CT molecular complexity index is 1000. The summed E-state index contributed by atoms with van der Waals surface area (Å²) in [5.41, 5.74) is 1.12. The number of carbonyl (C=O) groups excluding carboxylic acids is 1. The maximum atomic E-state index is 12.5. The van der Waals surface area contributed by atoms with E-state index in [0.29, 0.717) is 36.4 Å². The molecule has 0 spiro atoms. The van der Waals surface area contributed by atoms with Gasteiger partial charge in [0.25, 0.3) is 5.91 Å². The lowest BCUT2D eigenvalue weighted by atomic mass is 10.2. The molecule has 3 aromatic rings. The number of ether oxygens (including phenoxy) is 3. The van der Waals surface area contributed by atoms with Crippen LogP contribution in [0, 0.1) is 0 Å². The Morgan fingerprint density at radius 1 is 1.43 bits per heavy atom. The van der Waals surface area contributed by atoms with E-state index in [1.165, 1.54) is 23.6 Å². The third-order valence-corrected chi connectivity index (χ3v) is 5.33. The molecule has 1 N–H and O–H groups in total. The summed E-state index contributed by atoms with van der Waals surface area (Å²) >= 11 is 7.60. The smallest absolute Gasteiger partial charge is 0.259 e. The molecule has 4 rings (SSSR count). The molecule has 0 bridgehead atoms. The van der Waals surface area contributed by atoms with Crippen molar-refractivity contribution in [3.63, 3.8) is 0 Å². The Labute approximate surface area is 170 Å². The number of nitrogens with zero attached hydrogens (tertiary/aromatic N) is 2. The van der Waals surface area contributed by atoms with Crippen molar-refractivity contribution in [1.29, 1.82) is 0 Å². The van der Waals surface area contributed by atoms with Gasteiger partial charge in [0.05, 0.1) is 35.6 Å². The molecule has 7 nitrogen and oxygen atoms in total. The number of thiazole rings is 1. The summed E-state index contributed by atoms with van der Waals surface area (Å²) in [7, 11) is 0. The molecular formula is C19H18ClN3O4S. The van der Waals surface area contributed by atoms with Gasteiger partial charge in [0.15, 0.2) is 5.13 Å². The highest BCUT2D eigenvalue weighted by atomic mass is 35.5. The van der Waals surface area contributed by atoms with Gasteiger partial charge in [-0.2, -0.15) is 0 Å². The minimum Gasteiger partial charge on any atom is -0.494 e. The van der Waals surface area contributed by atoms with Gasteiger partial charge in [-0.05, 0) is 31.2 Å². The third-order valence-electron chi connectivity index (χ3n) is 4.13. The van der Waals surface area contributed by atoms with E-state index in [4.69, 9.17) is 25.8 Å². The summed E-state index contributed by atoms with van der Waals surface area (Å²) in [4.78, 5) is 21.1. The van der Waals surface area contributed by atoms with Crippen molar-refractivity contribution in [1.82, 2.24) is 9.97 Å². The van der Waals surface area contributed by atoms with Gasteiger partial charge < -0.3 is 14.2 Å². The van der Waals surface area contributed by atoms with Gasteiger partial charge in [-0.1, -0.05) is 22.9 Å². The third kappa shape index (κ3) is 4.19. The minimum absolute atomic E-state index is 0.0611. The summed E-state index contributed by atoms with van der Waals surface area (Å²) in [5, 5.41) is 3.56. The minimum atomic E-state index is -0.339. The van der Waals surface area contributed by atoms with Crippen molar-refractivity contribution >= 4 is 44.2 Å². The van der Waals surface area contributed by atoms with Gasteiger partial charge in [-0.25, -0.2) is 9.97 Å². The molecule has 146 valence electrons. The molecule has 2 aromatic heterocycles. The van der Waals surface area contributed by atoms with E-state index in [0.717, 1.165) is 22.4 Å². The first-order valence-corrected chi connectivity index (χ1v) is 10.1. The Morgan fingerprint density at radius 2 is 2.32 bits per heavy atom. The van der Waals surface area contributed by atoms with Crippen LogP contribution in [0.4, 0.5) is 5.13 Å². The van der Waals surface area contributed by atoms with Crippen molar-refractivity contribution in [2.24, 2.45) is 0 Å². The number of rotatable bonds is 6. The average molecular weight is 420 g/mol. The quantitative estimate of drug-likeness (QED) is 0.645. The molecule has 3 heterocycles. The molecule has 28 heavy (non-hydrogen) atoms. The second-order valence-electron chi connectivity index (χ2n) is 6.15. The fraction of sp³-hybridized carbons (Fsp3) is 0.316. The molecule has 1 unspecified atom stereocenters. The van der Waals surface area contributed by atoms with Crippen LogP contribution in [0.1, 0.15) is 23.7 Å². The van der Waals surface area contributed by atoms with Gasteiger partial charge >= 0.3 is 0 Å². The number of aromatic nitrogens is 2. The number of carbonyl (C=O) groups is 1. The molecule has 1 atom stereocenters. The number of hydrogen-bond acceptors (Lipinski definition) is 7.